The SMILES string of the molecule is CCNC(=O)c1cc2c(cc1F)C(=O)N(Cc1ccc(OC)cc1)C2. The molecular formula is C19H19FN2O3. The predicted octanol–water partition coefficient (Wildman–Crippen LogP) is 2.74. The summed E-state index contributed by atoms with van der Waals surface area (Å²) in [5.74, 6) is -0.631. The van der Waals surface area contributed by atoms with Crippen molar-refractivity contribution in [2.45, 2.75) is 20.0 Å². The summed E-state index contributed by atoms with van der Waals surface area (Å²) in [6.07, 6.45) is 0. The monoisotopic (exact) mass is 342 g/mol. The number of hydrogen-bond acceptors (Lipinski definition) is 3. The van der Waals surface area contributed by atoms with Gasteiger partial charge in [-0.05, 0) is 42.3 Å². The molecule has 6 heteroatoms. The molecule has 0 unspecified atom stereocenters. The lowest BCUT2D eigenvalue weighted by Gasteiger charge is -2.15. The maximum atomic E-state index is 14.2. The van der Waals surface area contributed by atoms with Crippen molar-refractivity contribution in [3.05, 3.63) is 64.5 Å². The van der Waals surface area contributed by atoms with Gasteiger partial charge in [0.25, 0.3) is 11.8 Å². The number of rotatable bonds is 5. The molecule has 0 radical (unpaired) electrons. The van der Waals surface area contributed by atoms with Gasteiger partial charge in [-0.15, -0.1) is 0 Å². The Balaban J connectivity index is 1.81. The van der Waals surface area contributed by atoms with Crippen LogP contribution in [0.3, 0.4) is 0 Å². The van der Waals surface area contributed by atoms with Gasteiger partial charge in [-0.25, -0.2) is 4.39 Å². The fourth-order valence-corrected chi connectivity index (χ4v) is 2.90. The molecule has 0 spiro atoms. The van der Waals surface area contributed by atoms with Gasteiger partial charge in [0.2, 0.25) is 0 Å². The minimum atomic E-state index is -0.677. The lowest BCUT2D eigenvalue weighted by molar-refractivity contribution is 0.0766. The second kappa shape index (κ2) is 6.93. The molecular weight excluding hydrogens is 323 g/mol. The lowest BCUT2D eigenvalue weighted by Crippen LogP contribution is -2.24. The van der Waals surface area contributed by atoms with Gasteiger partial charge in [0, 0.05) is 25.2 Å². The van der Waals surface area contributed by atoms with Crippen LogP contribution in [0.15, 0.2) is 36.4 Å². The molecule has 2 aromatic carbocycles. The average Bonchev–Trinajstić information content (AvgIpc) is 2.90. The number of ether oxygens (including phenoxy) is 1. The molecule has 1 N–H and O–H groups in total. The van der Waals surface area contributed by atoms with E-state index in [0.29, 0.717) is 30.8 Å². The minimum Gasteiger partial charge on any atom is -0.497 e. The van der Waals surface area contributed by atoms with E-state index in [2.05, 4.69) is 5.32 Å². The summed E-state index contributed by atoms with van der Waals surface area (Å²) in [7, 11) is 1.59. The van der Waals surface area contributed by atoms with Crippen LogP contribution >= 0.6 is 0 Å². The molecule has 25 heavy (non-hydrogen) atoms. The normalized spacial score (nSPS) is 12.9. The molecule has 0 fully saturated rings. The Kier molecular flexibility index (Phi) is 4.70. The summed E-state index contributed by atoms with van der Waals surface area (Å²) in [6.45, 7) is 2.95. The summed E-state index contributed by atoms with van der Waals surface area (Å²) in [5.41, 5.74) is 1.91. The number of carbonyl (C=O) groups excluding carboxylic acids is 2. The van der Waals surface area contributed by atoms with Gasteiger partial charge in [-0.2, -0.15) is 0 Å². The second-order valence-electron chi connectivity index (χ2n) is 5.86. The van der Waals surface area contributed by atoms with E-state index >= 15 is 0 Å². The molecule has 130 valence electrons. The van der Waals surface area contributed by atoms with Crippen molar-refractivity contribution in [1.29, 1.82) is 0 Å². The van der Waals surface area contributed by atoms with Crippen molar-refractivity contribution in [3.8, 4) is 5.75 Å². The van der Waals surface area contributed by atoms with Crippen molar-refractivity contribution in [2.24, 2.45) is 0 Å². The standard InChI is InChI=1S/C19H19FN2O3/c1-3-21-18(23)16-8-13-11-22(19(24)15(13)9-17(16)20)10-12-4-6-14(25-2)7-5-12/h4-9H,3,10-11H2,1-2H3,(H,21,23). The first-order valence-electron chi connectivity index (χ1n) is 8.06. The molecule has 2 amide bonds. The third-order valence-electron chi connectivity index (χ3n) is 4.19. The molecule has 0 bridgehead atoms. The van der Waals surface area contributed by atoms with Crippen LogP contribution < -0.4 is 10.1 Å². The molecule has 2 aromatic rings. The highest BCUT2D eigenvalue weighted by atomic mass is 19.1. The zero-order chi connectivity index (χ0) is 18.0. The fourth-order valence-electron chi connectivity index (χ4n) is 2.90. The Morgan fingerprint density at radius 2 is 2.00 bits per heavy atom. The number of carbonyl (C=O) groups is 2. The third-order valence-corrected chi connectivity index (χ3v) is 4.19. The Bertz CT molecular complexity index is 818. The first kappa shape index (κ1) is 17.0. The molecule has 3 rings (SSSR count). The molecule has 1 aliphatic rings. The minimum absolute atomic E-state index is 0.0281. The zero-order valence-corrected chi connectivity index (χ0v) is 14.1. The number of benzene rings is 2. The van der Waals surface area contributed by atoms with Gasteiger partial charge in [0.1, 0.15) is 11.6 Å². The van der Waals surface area contributed by atoms with Crippen LogP contribution in [0.4, 0.5) is 4.39 Å². The maximum Gasteiger partial charge on any atom is 0.254 e. The largest absolute Gasteiger partial charge is 0.497 e. The topological polar surface area (TPSA) is 58.6 Å². The molecule has 0 atom stereocenters. The number of hydrogen-bond donors (Lipinski definition) is 1. The van der Waals surface area contributed by atoms with Crippen molar-refractivity contribution < 1.29 is 18.7 Å². The fraction of sp³-hybridized carbons (Fsp3) is 0.263. The van der Waals surface area contributed by atoms with Gasteiger partial charge in [-0.1, -0.05) is 12.1 Å². The van der Waals surface area contributed by atoms with Crippen LogP contribution in [0.1, 0.15) is 38.8 Å². The summed E-state index contributed by atoms with van der Waals surface area (Å²) < 4.78 is 19.3. The van der Waals surface area contributed by atoms with E-state index in [9.17, 15) is 14.0 Å². The van der Waals surface area contributed by atoms with Crippen LogP contribution in [0.2, 0.25) is 0 Å². The summed E-state index contributed by atoms with van der Waals surface area (Å²) in [6, 6.07) is 10.1. The van der Waals surface area contributed by atoms with Gasteiger partial charge in [0.15, 0.2) is 0 Å². The molecule has 0 saturated heterocycles. The summed E-state index contributed by atoms with van der Waals surface area (Å²) >= 11 is 0. The zero-order valence-electron chi connectivity index (χ0n) is 14.1. The number of nitrogens with zero attached hydrogens (tertiary/aromatic N) is 1. The average molecular weight is 342 g/mol. The van der Waals surface area contributed by atoms with E-state index in [1.807, 2.05) is 24.3 Å². The highest BCUT2D eigenvalue weighted by molar-refractivity contribution is 6.01. The van der Waals surface area contributed by atoms with E-state index < -0.39 is 11.7 Å². The molecule has 5 nitrogen and oxygen atoms in total. The van der Waals surface area contributed by atoms with Crippen molar-refractivity contribution in [1.82, 2.24) is 10.2 Å². The Hall–Kier alpha value is -2.89. The van der Waals surface area contributed by atoms with Crippen LogP contribution in [0.5, 0.6) is 5.75 Å². The first-order chi connectivity index (χ1) is 12.0. The Morgan fingerprint density at radius 1 is 1.28 bits per heavy atom. The number of amides is 2. The van der Waals surface area contributed by atoms with E-state index in [0.717, 1.165) is 17.4 Å². The smallest absolute Gasteiger partial charge is 0.254 e. The first-order valence-corrected chi connectivity index (χ1v) is 8.06. The van der Waals surface area contributed by atoms with E-state index in [4.69, 9.17) is 4.74 Å². The van der Waals surface area contributed by atoms with Crippen molar-refractivity contribution in [3.63, 3.8) is 0 Å². The van der Waals surface area contributed by atoms with E-state index in [1.54, 1.807) is 18.9 Å². The van der Waals surface area contributed by atoms with Gasteiger partial charge >= 0.3 is 0 Å². The molecule has 1 heterocycles. The second-order valence-corrected chi connectivity index (χ2v) is 5.86. The van der Waals surface area contributed by atoms with Crippen molar-refractivity contribution >= 4 is 11.8 Å². The quantitative estimate of drug-likeness (QED) is 0.909. The van der Waals surface area contributed by atoms with Crippen molar-refractivity contribution in [2.75, 3.05) is 13.7 Å². The van der Waals surface area contributed by atoms with Gasteiger partial charge in [0.05, 0.1) is 12.7 Å². The molecule has 0 saturated carbocycles. The summed E-state index contributed by atoms with van der Waals surface area (Å²) in [5, 5.41) is 2.58. The lowest BCUT2D eigenvalue weighted by atomic mass is 10.0. The highest BCUT2D eigenvalue weighted by Gasteiger charge is 2.30. The van der Waals surface area contributed by atoms with Crippen LogP contribution in [0, 0.1) is 5.82 Å². The van der Waals surface area contributed by atoms with E-state index in [1.165, 1.54) is 6.07 Å². The van der Waals surface area contributed by atoms with Crippen LogP contribution in [-0.2, 0) is 13.1 Å². The third kappa shape index (κ3) is 3.33. The molecule has 0 aromatic heterocycles. The summed E-state index contributed by atoms with van der Waals surface area (Å²) in [4.78, 5) is 26.1. The maximum absolute atomic E-state index is 14.2. The van der Waals surface area contributed by atoms with Crippen LogP contribution in [0.25, 0.3) is 0 Å². The predicted molar refractivity (Wildman–Crippen MR) is 91.0 cm³/mol. The molecule has 0 aliphatic carbocycles. The van der Waals surface area contributed by atoms with E-state index in [-0.39, 0.29) is 11.5 Å². The number of methoxy groups -OCH3 is 1. The number of nitrogens with one attached hydrogen (secondary N) is 1. The van der Waals surface area contributed by atoms with Gasteiger partial charge in [-0.3, -0.25) is 9.59 Å². The Labute approximate surface area is 145 Å². The van der Waals surface area contributed by atoms with Gasteiger partial charge < -0.3 is 15.0 Å². The van der Waals surface area contributed by atoms with Crippen LogP contribution in [-0.4, -0.2) is 30.4 Å². The number of halogens is 1. The highest BCUT2D eigenvalue weighted by Crippen LogP contribution is 2.27. The number of fused-ring (bicyclic) bond motifs is 1. The molecule has 1 aliphatic heterocycles. The Morgan fingerprint density at radius 3 is 2.64 bits per heavy atom.